The molecule has 0 aliphatic carbocycles. The Morgan fingerprint density at radius 2 is 1.90 bits per heavy atom. The van der Waals surface area contributed by atoms with Crippen LogP contribution in [0.5, 0.6) is 5.75 Å². The quantitative estimate of drug-likeness (QED) is 0.485. The van der Waals surface area contributed by atoms with Crippen LogP contribution in [-0.4, -0.2) is 59.5 Å². The van der Waals surface area contributed by atoms with E-state index in [2.05, 4.69) is 5.32 Å². The van der Waals surface area contributed by atoms with Gasteiger partial charge in [-0.05, 0) is 51.7 Å². The third-order valence-corrected chi connectivity index (χ3v) is 5.88. The van der Waals surface area contributed by atoms with Gasteiger partial charge in [0.25, 0.3) is 5.76 Å². The fraction of sp³-hybridized carbons (Fsp3) is 0.429. The molecule has 2 amide bonds. The van der Waals surface area contributed by atoms with Crippen LogP contribution in [0.1, 0.15) is 61.9 Å². The zero-order valence-corrected chi connectivity index (χ0v) is 22.5. The van der Waals surface area contributed by atoms with Gasteiger partial charge in [-0.15, -0.1) is 0 Å². The van der Waals surface area contributed by atoms with Crippen molar-refractivity contribution < 1.29 is 38.1 Å². The maximum Gasteiger partial charge on any atom is 0.408 e. The molecule has 39 heavy (non-hydrogen) atoms. The first-order valence-corrected chi connectivity index (χ1v) is 12.5. The van der Waals surface area contributed by atoms with E-state index in [4.69, 9.17) is 18.6 Å². The van der Waals surface area contributed by atoms with E-state index in [1.165, 1.54) is 11.0 Å². The number of nitrogens with one attached hydrogen (secondary N) is 1. The first kappa shape index (κ1) is 29.3. The maximum atomic E-state index is 13.0. The Bertz CT molecular complexity index is 1260. The molecule has 0 spiro atoms. The Hall–Kier alpha value is -4.28. The highest BCUT2D eigenvalue weighted by Crippen LogP contribution is 2.26. The zero-order valence-electron chi connectivity index (χ0n) is 22.5. The molecule has 1 saturated heterocycles. The molecule has 0 bridgehead atoms. The van der Waals surface area contributed by atoms with Gasteiger partial charge >= 0.3 is 18.2 Å². The van der Waals surface area contributed by atoms with Gasteiger partial charge in [0.15, 0.2) is 0 Å². The molecule has 2 aromatic rings. The molecule has 3 rings (SSSR count). The van der Waals surface area contributed by atoms with Gasteiger partial charge in [0.05, 0.1) is 19.2 Å². The number of ether oxygens (including phenoxy) is 3. The summed E-state index contributed by atoms with van der Waals surface area (Å²) in [6, 6.07) is 10.2. The highest BCUT2D eigenvalue weighted by molar-refractivity contribution is 5.89. The molecule has 1 aliphatic rings. The second-order valence-electron chi connectivity index (χ2n) is 10.2. The number of carbonyl (C=O) groups excluding carboxylic acids is 2. The van der Waals surface area contributed by atoms with Gasteiger partial charge in [0.2, 0.25) is 11.2 Å². The van der Waals surface area contributed by atoms with Crippen molar-refractivity contribution in [3.05, 3.63) is 69.8 Å². The van der Waals surface area contributed by atoms with E-state index in [0.29, 0.717) is 25.8 Å². The van der Waals surface area contributed by atoms with Crippen LogP contribution in [-0.2, 0) is 16.1 Å². The lowest BCUT2D eigenvalue weighted by Crippen LogP contribution is -2.55. The highest BCUT2D eigenvalue weighted by atomic mass is 16.6. The van der Waals surface area contributed by atoms with E-state index in [0.717, 1.165) is 18.7 Å². The van der Waals surface area contributed by atoms with Gasteiger partial charge in [-0.25, -0.2) is 14.4 Å². The Kier molecular flexibility index (Phi) is 9.39. The van der Waals surface area contributed by atoms with Crippen molar-refractivity contribution in [1.29, 1.82) is 0 Å². The van der Waals surface area contributed by atoms with E-state index >= 15 is 0 Å². The van der Waals surface area contributed by atoms with Crippen molar-refractivity contribution >= 4 is 24.2 Å². The molecule has 2 N–H and O–H groups in total. The zero-order chi connectivity index (χ0) is 28.6. The molecule has 1 aromatic carbocycles. The van der Waals surface area contributed by atoms with Crippen molar-refractivity contribution in [3.8, 4) is 5.75 Å². The number of carbonyl (C=O) groups is 3. The Labute approximate surface area is 226 Å². The SMILES string of the molecule is COC(=O)c1oc(C=CC2(NC(=O)OC(C)(C)C)CCCCN(C(=O)O)C2)cc(=O)c1OCc1ccccc1. The van der Waals surface area contributed by atoms with Crippen LogP contribution < -0.4 is 15.5 Å². The first-order chi connectivity index (χ1) is 18.4. The molecule has 0 radical (unpaired) electrons. The van der Waals surface area contributed by atoms with Gasteiger partial charge in [0, 0.05) is 12.6 Å². The van der Waals surface area contributed by atoms with E-state index < -0.39 is 40.5 Å². The lowest BCUT2D eigenvalue weighted by atomic mass is 9.92. The lowest BCUT2D eigenvalue weighted by Gasteiger charge is -2.34. The third-order valence-electron chi connectivity index (χ3n) is 5.88. The van der Waals surface area contributed by atoms with Crippen molar-refractivity contribution in [2.24, 2.45) is 0 Å². The average Bonchev–Trinajstić information content (AvgIpc) is 3.08. The number of amides is 2. The molecule has 1 aromatic heterocycles. The lowest BCUT2D eigenvalue weighted by molar-refractivity contribution is 0.0455. The summed E-state index contributed by atoms with van der Waals surface area (Å²) >= 11 is 0. The largest absolute Gasteiger partial charge is 0.481 e. The number of alkyl carbamates (subject to hydrolysis) is 1. The Balaban J connectivity index is 1.97. The monoisotopic (exact) mass is 542 g/mol. The minimum Gasteiger partial charge on any atom is -0.481 e. The number of hydrogen-bond acceptors (Lipinski definition) is 8. The summed E-state index contributed by atoms with van der Waals surface area (Å²) in [6.45, 7) is 5.43. The molecule has 0 saturated carbocycles. The van der Waals surface area contributed by atoms with Crippen molar-refractivity contribution in [2.45, 2.75) is 57.8 Å². The van der Waals surface area contributed by atoms with Crippen molar-refractivity contribution in [2.75, 3.05) is 20.2 Å². The van der Waals surface area contributed by atoms with Crippen molar-refractivity contribution in [1.82, 2.24) is 10.2 Å². The third kappa shape index (κ3) is 8.36. The summed E-state index contributed by atoms with van der Waals surface area (Å²) < 4.78 is 21.5. The normalized spacial score (nSPS) is 17.8. The Morgan fingerprint density at radius 3 is 2.54 bits per heavy atom. The number of likely N-dealkylation sites (tertiary alicyclic amines) is 1. The molecule has 2 heterocycles. The van der Waals surface area contributed by atoms with Gasteiger partial charge < -0.3 is 34.0 Å². The number of benzene rings is 1. The van der Waals surface area contributed by atoms with Crippen LogP contribution in [0.4, 0.5) is 9.59 Å². The molecule has 210 valence electrons. The maximum absolute atomic E-state index is 13.0. The summed E-state index contributed by atoms with van der Waals surface area (Å²) in [5.41, 5.74) is -1.77. The summed E-state index contributed by atoms with van der Waals surface area (Å²) in [5.74, 6) is -1.62. The molecule has 1 unspecified atom stereocenters. The van der Waals surface area contributed by atoms with Crippen LogP contribution in [0.25, 0.3) is 6.08 Å². The number of esters is 1. The number of nitrogens with zero attached hydrogens (tertiary/aromatic N) is 1. The fourth-order valence-electron chi connectivity index (χ4n) is 4.11. The van der Waals surface area contributed by atoms with Crippen LogP contribution in [0, 0.1) is 0 Å². The van der Waals surface area contributed by atoms with Crippen molar-refractivity contribution in [3.63, 3.8) is 0 Å². The van der Waals surface area contributed by atoms with Gasteiger partial charge in [-0.1, -0.05) is 36.4 Å². The van der Waals surface area contributed by atoms with E-state index in [-0.39, 0.29) is 24.7 Å². The number of hydrogen-bond donors (Lipinski definition) is 2. The van der Waals surface area contributed by atoms with Crippen LogP contribution in [0.15, 0.2) is 51.7 Å². The van der Waals surface area contributed by atoms with Gasteiger partial charge in [0.1, 0.15) is 18.0 Å². The number of carboxylic acid groups (broad SMARTS) is 1. The summed E-state index contributed by atoms with van der Waals surface area (Å²) in [6.07, 6.45) is 2.75. The second kappa shape index (κ2) is 12.5. The van der Waals surface area contributed by atoms with E-state index in [1.807, 2.05) is 18.2 Å². The summed E-state index contributed by atoms with van der Waals surface area (Å²) in [7, 11) is 1.15. The average molecular weight is 543 g/mol. The molecule has 1 atom stereocenters. The molecule has 11 heteroatoms. The highest BCUT2D eigenvalue weighted by Gasteiger charge is 2.36. The molecular weight excluding hydrogens is 508 g/mol. The van der Waals surface area contributed by atoms with Crippen LogP contribution >= 0.6 is 0 Å². The second-order valence-corrected chi connectivity index (χ2v) is 10.2. The van der Waals surface area contributed by atoms with Gasteiger partial charge in [-0.2, -0.15) is 0 Å². The first-order valence-electron chi connectivity index (χ1n) is 12.5. The van der Waals surface area contributed by atoms with Gasteiger partial charge in [-0.3, -0.25) is 4.79 Å². The molecule has 1 aliphatic heterocycles. The van der Waals surface area contributed by atoms with E-state index in [1.54, 1.807) is 39.0 Å². The molecule has 1 fully saturated rings. The van der Waals surface area contributed by atoms with E-state index in [9.17, 15) is 24.3 Å². The molecular formula is C28H34N2O9. The van der Waals surface area contributed by atoms with Crippen LogP contribution in [0.2, 0.25) is 0 Å². The number of rotatable bonds is 7. The topological polar surface area (TPSA) is 145 Å². The summed E-state index contributed by atoms with van der Waals surface area (Å²) in [4.78, 5) is 51.2. The minimum atomic E-state index is -1.16. The standard InChI is InChI=1S/C28H34N2O9/c1-27(2,3)39-25(33)29-28(13-8-9-15-30(18-28)26(34)35)14-12-20-16-21(31)22(23(38-20)24(32)36-4)37-17-19-10-6-5-7-11-19/h5-7,10-12,14,16H,8-9,13,15,17-18H2,1-4H3,(H,29,33)(H,34,35). The Morgan fingerprint density at radius 1 is 1.18 bits per heavy atom. The summed E-state index contributed by atoms with van der Waals surface area (Å²) in [5, 5.41) is 12.5. The molecule has 11 nitrogen and oxygen atoms in total. The number of methoxy groups -OCH3 is 1. The predicted molar refractivity (Wildman–Crippen MR) is 142 cm³/mol. The predicted octanol–water partition coefficient (Wildman–Crippen LogP) is 4.45. The fourth-order valence-corrected chi connectivity index (χ4v) is 4.11. The smallest absolute Gasteiger partial charge is 0.408 e. The van der Waals surface area contributed by atoms with Crippen LogP contribution in [0.3, 0.4) is 0 Å². The minimum absolute atomic E-state index is 0.0102.